The molecule has 4 rings (SSSR count). The molecule has 5 nitrogen and oxygen atoms in total. The minimum Gasteiger partial charge on any atom is -0.495 e. The SMILES string of the molecule is COc1ccc(-c2cnco2)cc1NCc1ccc(-c2cccc(Cl)c2)o1. The number of rotatable bonds is 6. The van der Waals surface area contributed by atoms with Gasteiger partial charge in [0.05, 0.1) is 25.5 Å². The van der Waals surface area contributed by atoms with E-state index in [9.17, 15) is 0 Å². The summed E-state index contributed by atoms with van der Waals surface area (Å²) in [4.78, 5) is 3.96. The maximum absolute atomic E-state index is 6.05. The Kier molecular flexibility index (Phi) is 4.85. The van der Waals surface area contributed by atoms with Gasteiger partial charge < -0.3 is 18.9 Å². The molecule has 2 aromatic heterocycles. The van der Waals surface area contributed by atoms with Crippen LogP contribution >= 0.6 is 11.6 Å². The van der Waals surface area contributed by atoms with Crippen molar-refractivity contribution in [3.05, 3.63) is 78.0 Å². The Bertz CT molecular complexity index is 1040. The van der Waals surface area contributed by atoms with Crippen LogP contribution in [-0.4, -0.2) is 12.1 Å². The largest absolute Gasteiger partial charge is 0.495 e. The van der Waals surface area contributed by atoms with E-state index >= 15 is 0 Å². The summed E-state index contributed by atoms with van der Waals surface area (Å²) in [5.41, 5.74) is 2.70. The van der Waals surface area contributed by atoms with Gasteiger partial charge in [-0.1, -0.05) is 23.7 Å². The van der Waals surface area contributed by atoms with Crippen LogP contribution in [-0.2, 0) is 6.54 Å². The number of halogens is 1. The first-order valence-electron chi connectivity index (χ1n) is 8.38. The normalized spacial score (nSPS) is 10.7. The third-order valence-electron chi connectivity index (χ3n) is 4.14. The van der Waals surface area contributed by atoms with Crippen molar-refractivity contribution in [2.45, 2.75) is 6.54 Å². The second kappa shape index (κ2) is 7.60. The highest BCUT2D eigenvalue weighted by atomic mass is 35.5. The van der Waals surface area contributed by atoms with Gasteiger partial charge in [-0.05, 0) is 42.5 Å². The molecule has 0 radical (unpaired) electrons. The van der Waals surface area contributed by atoms with E-state index in [1.807, 2.05) is 54.6 Å². The summed E-state index contributed by atoms with van der Waals surface area (Å²) < 4.78 is 16.7. The number of benzene rings is 2. The number of ether oxygens (including phenoxy) is 1. The molecule has 2 aromatic carbocycles. The third-order valence-corrected chi connectivity index (χ3v) is 4.38. The Balaban J connectivity index is 1.52. The predicted molar refractivity (Wildman–Crippen MR) is 105 cm³/mol. The number of aromatic nitrogens is 1. The van der Waals surface area contributed by atoms with Gasteiger partial charge in [0, 0.05) is 16.1 Å². The molecule has 2 heterocycles. The molecule has 0 aliphatic rings. The Labute approximate surface area is 161 Å². The summed E-state index contributed by atoms with van der Waals surface area (Å²) in [6.07, 6.45) is 3.09. The Morgan fingerprint density at radius 1 is 1.04 bits per heavy atom. The molecule has 0 saturated heterocycles. The lowest BCUT2D eigenvalue weighted by atomic mass is 10.1. The average molecular weight is 381 g/mol. The minimum atomic E-state index is 0.511. The molecule has 0 aliphatic carbocycles. The molecule has 0 aliphatic heterocycles. The van der Waals surface area contributed by atoms with Crippen LogP contribution in [0.4, 0.5) is 5.69 Å². The molecular formula is C21H17ClN2O3. The lowest BCUT2D eigenvalue weighted by Crippen LogP contribution is -2.00. The zero-order valence-corrected chi connectivity index (χ0v) is 15.4. The first kappa shape index (κ1) is 17.2. The standard InChI is InChI=1S/C21H17ClN2O3/c1-25-20-7-5-15(21-12-23-13-26-21)10-18(20)24-11-17-6-8-19(27-17)14-3-2-4-16(22)9-14/h2-10,12-13,24H,11H2,1H3. The Hall–Kier alpha value is -3.18. The first-order chi connectivity index (χ1) is 13.2. The summed E-state index contributed by atoms with van der Waals surface area (Å²) in [7, 11) is 1.64. The van der Waals surface area contributed by atoms with Crippen LogP contribution in [0.2, 0.25) is 5.02 Å². The summed E-state index contributed by atoms with van der Waals surface area (Å²) in [6, 6.07) is 17.2. The fraction of sp³-hybridized carbons (Fsp3) is 0.0952. The van der Waals surface area contributed by atoms with Gasteiger partial charge in [-0.3, -0.25) is 0 Å². The average Bonchev–Trinajstić information content (AvgIpc) is 3.38. The van der Waals surface area contributed by atoms with E-state index in [1.165, 1.54) is 6.39 Å². The Morgan fingerprint density at radius 2 is 1.93 bits per heavy atom. The van der Waals surface area contributed by atoms with E-state index in [0.29, 0.717) is 17.3 Å². The molecule has 0 atom stereocenters. The van der Waals surface area contributed by atoms with E-state index in [4.69, 9.17) is 25.2 Å². The molecule has 0 saturated carbocycles. The van der Waals surface area contributed by atoms with Gasteiger partial charge in [0.15, 0.2) is 12.2 Å². The van der Waals surface area contributed by atoms with E-state index < -0.39 is 0 Å². The van der Waals surface area contributed by atoms with Gasteiger partial charge in [0.2, 0.25) is 0 Å². The van der Waals surface area contributed by atoms with Crippen LogP contribution < -0.4 is 10.1 Å². The smallest absolute Gasteiger partial charge is 0.181 e. The van der Waals surface area contributed by atoms with Gasteiger partial charge in [-0.25, -0.2) is 4.98 Å². The van der Waals surface area contributed by atoms with Crippen LogP contribution in [0.5, 0.6) is 5.75 Å². The quantitative estimate of drug-likeness (QED) is 0.453. The number of nitrogens with one attached hydrogen (secondary N) is 1. The molecular weight excluding hydrogens is 364 g/mol. The van der Waals surface area contributed by atoms with Gasteiger partial charge in [-0.2, -0.15) is 0 Å². The number of oxazole rings is 1. The van der Waals surface area contributed by atoms with Gasteiger partial charge in [0.1, 0.15) is 17.3 Å². The van der Waals surface area contributed by atoms with Crippen molar-refractivity contribution in [3.63, 3.8) is 0 Å². The molecule has 1 N–H and O–H groups in total. The lowest BCUT2D eigenvalue weighted by molar-refractivity contribution is 0.416. The molecule has 0 unspecified atom stereocenters. The zero-order chi connectivity index (χ0) is 18.6. The van der Waals surface area contributed by atoms with Crippen molar-refractivity contribution in [2.75, 3.05) is 12.4 Å². The summed E-state index contributed by atoms with van der Waals surface area (Å²) in [6.45, 7) is 0.511. The summed E-state index contributed by atoms with van der Waals surface area (Å²) in [5, 5.41) is 4.03. The minimum absolute atomic E-state index is 0.511. The van der Waals surface area contributed by atoms with Crippen molar-refractivity contribution < 1.29 is 13.6 Å². The van der Waals surface area contributed by atoms with Crippen LogP contribution in [0.15, 0.2) is 76.0 Å². The molecule has 0 spiro atoms. The van der Waals surface area contributed by atoms with E-state index in [1.54, 1.807) is 13.3 Å². The number of nitrogens with zero attached hydrogens (tertiary/aromatic N) is 1. The molecule has 0 amide bonds. The van der Waals surface area contributed by atoms with Crippen LogP contribution in [0.3, 0.4) is 0 Å². The van der Waals surface area contributed by atoms with Crippen molar-refractivity contribution in [2.24, 2.45) is 0 Å². The first-order valence-corrected chi connectivity index (χ1v) is 8.76. The fourth-order valence-corrected chi connectivity index (χ4v) is 3.00. The zero-order valence-electron chi connectivity index (χ0n) is 14.6. The predicted octanol–water partition coefficient (Wildman–Crippen LogP) is 5.88. The lowest BCUT2D eigenvalue weighted by Gasteiger charge is -2.11. The third kappa shape index (κ3) is 3.83. The van der Waals surface area contributed by atoms with E-state index in [2.05, 4.69) is 10.3 Å². The highest BCUT2D eigenvalue weighted by Crippen LogP contribution is 2.31. The summed E-state index contributed by atoms with van der Waals surface area (Å²) >= 11 is 6.05. The second-order valence-corrected chi connectivity index (χ2v) is 6.35. The fourth-order valence-electron chi connectivity index (χ4n) is 2.81. The van der Waals surface area contributed by atoms with Crippen LogP contribution in [0.25, 0.3) is 22.6 Å². The maximum Gasteiger partial charge on any atom is 0.181 e. The van der Waals surface area contributed by atoms with Crippen molar-refractivity contribution in [1.82, 2.24) is 4.98 Å². The summed E-state index contributed by atoms with van der Waals surface area (Å²) in [5.74, 6) is 3.01. The number of hydrogen-bond acceptors (Lipinski definition) is 5. The molecule has 0 bridgehead atoms. The van der Waals surface area contributed by atoms with Gasteiger partial charge in [-0.15, -0.1) is 0 Å². The molecule has 136 valence electrons. The van der Waals surface area contributed by atoms with Crippen LogP contribution in [0, 0.1) is 0 Å². The van der Waals surface area contributed by atoms with E-state index in [-0.39, 0.29) is 0 Å². The number of anilines is 1. The topological polar surface area (TPSA) is 60.4 Å². The van der Waals surface area contributed by atoms with Crippen molar-refractivity contribution in [3.8, 4) is 28.4 Å². The molecule has 4 aromatic rings. The number of hydrogen-bond donors (Lipinski definition) is 1. The highest BCUT2D eigenvalue weighted by Gasteiger charge is 2.10. The Morgan fingerprint density at radius 3 is 2.70 bits per heavy atom. The van der Waals surface area contributed by atoms with E-state index in [0.717, 1.165) is 34.1 Å². The number of furan rings is 1. The van der Waals surface area contributed by atoms with Crippen LogP contribution in [0.1, 0.15) is 5.76 Å². The number of methoxy groups -OCH3 is 1. The monoisotopic (exact) mass is 380 g/mol. The highest BCUT2D eigenvalue weighted by molar-refractivity contribution is 6.30. The second-order valence-electron chi connectivity index (χ2n) is 5.91. The van der Waals surface area contributed by atoms with Crippen molar-refractivity contribution >= 4 is 17.3 Å². The van der Waals surface area contributed by atoms with Crippen molar-refractivity contribution in [1.29, 1.82) is 0 Å². The van der Waals surface area contributed by atoms with Gasteiger partial charge >= 0.3 is 0 Å². The maximum atomic E-state index is 6.05. The molecule has 27 heavy (non-hydrogen) atoms. The molecule has 6 heteroatoms. The molecule has 0 fully saturated rings. The van der Waals surface area contributed by atoms with Gasteiger partial charge in [0.25, 0.3) is 0 Å².